The predicted octanol–water partition coefficient (Wildman–Crippen LogP) is 2.67. The van der Waals surface area contributed by atoms with Gasteiger partial charge in [-0.1, -0.05) is 55.5 Å². The van der Waals surface area contributed by atoms with E-state index in [0.29, 0.717) is 11.4 Å². The molecule has 59 heavy (non-hydrogen) atoms. The number of nitrogens with two attached hydrogens (primary N) is 1. The Hall–Kier alpha value is -4.89. The Labute approximate surface area is 344 Å². The third-order valence-corrected chi connectivity index (χ3v) is 14.6. The molecule has 2 aliphatic heterocycles. The molecule has 3 heterocycles. The van der Waals surface area contributed by atoms with Gasteiger partial charge in [-0.3, -0.25) is 37.8 Å². The van der Waals surface area contributed by atoms with Crippen LogP contribution < -0.4 is 21.1 Å². The van der Waals surface area contributed by atoms with E-state index in [1.165, 1.54) is 53.9 Å². The van der Waals surface area contributed by atoms with Crippen molar-refractivity contribution in [3.63, 3.8) is 0 Å². The van der Waals surface area contributed by atoms with Gasteiger partial charge in [0.2, 0.25) is 17.6 Å². The monoisotopic (exact) mass is 856 g/mol. The molecule has 20 heteroatoms. The van der Waals surface area contributed by atoms with Crippen LogP contribution in [0.25, 0.3) is 0 Å². The third-order valence-electron chi connectivity index (χ3n) is 11.5. The van der Waals surface area contributed by atoms with Crippen LogP contribution in [0.4, 0.5) is 5.69 Å². The number of sulfonamides is 1. The Kier molecular flexibility index (Phi) is 12.9. The van der Waals surface area contributed by atoms with Crippen molar-refractivity contribution in [2.24, 2.45) is 11.7 Å². The lowest BCUT2D eigenvalue weighted by Gasteiger charge is -2.45. The fourth-order valence-corrected chi connectivity index (χ4v) is 10.8. The van der Waals surface area contributed by atoms with Crippen molar-refractivity contribution >= 4 is 55.7 Å². The molecule has 18 nitrogen and oxygen atoms in total. The van der Waals surface area contributed by atoms with Crippen LogP contribution >= 0.6 is 10.6 Å². The van der Waals surface area contributed by atoms with Crippen LogP contribution in [-0.4, -0.2) is 108 Å². The Morgan fingerprint density at radius 3 is 2.24 bits per heavy atom. The first-order valence-corrected chi connectivity index (χ1v) is 23.0. The number of nitrogens with one attached hydrogen (secondary N) is 3. The minimum absolute atomic E-state index is 0.0584. The fraction of sp³-hybridized carbons (Fsp3) is 0.513. The van der Waals surface area contributed by atoms with Crippen molar-refractivity contribution in [3.05, 3.63) is 72.1 Å². The third kappa shape index (κ3) is 10.1. The molecule has 320 valence electrons. The summed E-state index contributed by atoms with van der Waals surface area (Å²) in [5.74, 6) is -4.93. The number of anilines is 1. The largest absolute Gasteiger partial charge is 0.384 e. The summed E-state index contributed by atoms with van der Waals surface area (Å²) in [5.41, 5.74) is 2.91. The van der Waals surface area contributed by atoms with Gasteiger partial charge in [-0.05, 0) is 75.4 Å². The molecular weight excluding hydrogens is 805 g/mol. The van der Waals surface area contributed by atoms with Gasteiger partial charge in [-0.2, -0.15) is 10.6 Å². The van der Waals surface area contributed by atoms with Gasteiger partial charge in [0.15, 0.2) is 0 Å². The summed E-state index contributed by atoms with van der Waals surface area (Å²) in [4.78, 5) is 70.0. The van der Waals surface area contributed by atoms with E-state index in [4.69, 9.17) is 5.73 Å². The lowest BCUT2D eigenvalue weighted by atomic mass is 9.84. The van der Waals surface area contributed by atoms with E-state index in [0.717, 1.165) is 32.1 Å². The highest BCUT2D eigenvalue weighted by Gasteiger charge is 2.51. The van der Waals surface area contributed by atoms with Crippen molar-refractivity contribution < 1.29 is 46.6 Å². The summed E-state index contributed by atoms with van der Waals surface area (Å²) in [5, 5.41) is 24.6. The number of hydrogen-bond donors (Lipinski definition) is 7. The normalized spacial score (nSPS) is 21.8. The first-order valence-electron chi connectivity index (χ1n) is 19.6. The molecule has 3 fully saturated rings. The second kappa shape index (κ2) is 17.4. The Balaban J connectivity index is 1.30. The van der Waals surface area contributed by atoms with Crippen molar-refractivity contribution in [1.82, 2.24) is 30.5 Å². The van der Waals surface area contributed by atoms with Gasteiger partial charge in [0.25, 0.3) is 21.8 Å². The number of hydrogen-bond acceptors (Lipinski definition) is 12. The van der Waals surface area contributed by atoms with Gasteiger partial charge in [-0.15, -0.1) is 5.10 Å². The zero-order valence-corrected chi connectivity index (χ0v) is 34.6. The maximum atomic E-state index is 14.9. The summed E-state index contributed by atoms with van der Waals surface area (Å²) in [7, 11) is -7.05. The molecule has 3 aliphatic rings. The number of nitrogens with zero attached hydrogens (tertiary/aromatic N) is 4. The summed E-state index contributed by atoms with van der Waals surface area (Å²) in [6.07, 6.45) is 5.56. The lowest BCUT2D eigenvalue weighted by molar-refractivity contribution is -0.145. The second-order valence-electron chi connectivity index (χ2n) is 16.3. The molecule has 3 atom stereocenters. The molecule has 8 N–H and O–H groups in total. The maximum Gasteiger partial charge on any atom is 0.287 e. The zero-order chi connectivity index (χ0) is 42.8. The van der Waals surface area contributed by atoms with Crippen LogP contribution in [0.15, 0.2) is 65.7 Å². The zero-order valence-electron chi connectivity index (χ0n) is 33.0. The topological polar surface area (TPSA) is 276 Å². The van der Waals surface area contributed by atoms with E-state index in [2.05, 4.69) is 25.7 Å². The highest BCUT2D eigenvalue weighted by molar-refractivity contribution is 8.24. The van der Waals surface area contributed by atoms with E-state index < -0.39 is 79.3 Å². The SMILES string of the molecule is CC(C)(O)c1cnnn1[C@H]1C[C@@H](C(=O)NC2(C(=O)C(N)=O)CCS(O)(O)CC2)N(C(=O)C(CC2CCCCC2)NC(=O)c2ccc(S(=O)(=O)Nc3ccccc3)cc2)C1. The fourth-order valence-electron chi connectivity index (χ4n) is 8.23. The second-order valence-corrected chi connectivity index (χ2v) is 20.4. The quantitative estimate of drug-likeness (QED) is 0.115. The Morgan fingerprint density at radius 1 is 0.983 bits per heavy atom. The number of rotatable bonds is 14. The van der Waals surface area contributed by atoms with Crippen LogP contribution in [0.5, 0.6) is 0 Å². The summed E-state index contributed by atoms with van der Waals surface area (Å²) in [6.45, 7) is 2.96. The highest BCUT2D eigenvalue weighted by Crippen LogP contribution is 2.47. The molecular formula is C39H52N8O10S2. The van der Waals surface area contributed by atoms with Gasteiger partial charge in [0.05, 0.1) is 22.8 Å². The number of aromatic nitrogens is 3. The van der Waals surface area contributed by atoms with Crippen LogP contribution in [0.3, 0.4) is 0 Å². The number of carbonyl (C=O) groups excluding carboxylic acids is 5. The number of primary amides is 1. The Bertz CT molecular complexity index is 2140. The maximum absolute atomic E-state index is 14.9. The van der Waals surface area contributed by atoms with Crippen molar-refractivity contribution in [2.75, 3.05) is 22.8 Å². The average Bonchev–Trinajstić information content (AvgIpc) is 3.88. The predicted molar refractivity (Wildman–Crippen MR) is 217 cm³/mol. The van der Waals surface area contributed by atoms with Gasteiger partial charge in [-0.25, -0.2) is 13.1 Å². The molecule has 2 aromatic carbocycles. The van der Waals surface area contributed by atoms with E-state index in [9.17, 15) is 46.6 Å². The van der Waals surface area contributed by atoms with Crippen molar-refractivity contribution in [1.29, 1.82) is 0 Å². The van der Waals surface area contributed by atoms with Crippen molar-refractivity contribution in [3.8, 4) is 0 Å². The number of aliphatic hydroxyl groups is 1. The minimum Gasteiger partial charge on any atom is -0.384 e. The number of ketones is 1. The number of benzene rings is 2. The summed E-state index contributed by atoms with van der Waals surface area (Å²) in [6, 6.07) is 10.5. The highest BCUT2D eigenvalue weighted by atomic mass is 32.3. The van der Waals surface area contributed by atoms with E-state index in [1.54, 1.807) is 30.3 Å². The van der Waals surface area contributed by atoms with Crippen LogP contribution in [0.1, 0.15) is 93.7 Å². The molecule has 4 amide bonds. The van der Waals surface area contributed by atoms with Crippen LogP contribution in [0, 0.1) is 5.92 Å². The van der Waals surface area contributed by atoms with Gasteiger partial charge < -0.3 is 26.4 Å². The summed E-state index contributed by atoms with van der Waals surface area (Å²) < 4.78 is 50.7. The molecule has 1 unspecified atom stereocenters. The lowest BCUT2D eigenvalue weighted by Crippen LogP contribution is -2.64. The number of likely N-dealkylation sites (tertiary alicyclic amines) is 1. The van der Waals surface area contributed by atoms with E-state index in [-0.39, 0.29) is 60.1 Å². The number of para-hydroxylation sites is 1. The molecule has 0 spiro atoms. The molecule has 1 aromatic heterocycles. The minimum atomic E-state index is -3.98. The molecule has 0 radical (unpaired) electrons. The van der Waals surface area contributed by atoms with Crippen molar-refractivity contribution in [2.45, 2.75) is 106 Å². The first kappa shape index (κ1) is 43.7. The standard InChI is InChI=1S/C39H52N8O10S2/c1-38(2,53)32-23-41-45-47(32)28-22-31(36(51)43-39(33(48)34(40)49)17-19-58(54,55)20-18-39)46(24-28)37(52)30(21-25-9-5-3-6-10-25)42-35(50)26-13-15-29(16-14-26)59(56,57)44-27-11-7-4-8-12-27/h4,7-8,11-16,23,25,28,30-31,44,53-55H,3,5-6,9-10,17-22,24H2,1-2H3,(H2,40,49)(H,42,50)(H,43,51)/t28-,30?,31-/m0/s1. The Morgan fingerprint density at radius 2 is 1.63 bits per heavy atom. The van der Waals surface area contributed by atoms with Crippen LogP contribution in [-0.2, 0) is 34.8 Å². The first-order chi connectivity index (χ1) is 27.8. The van der Waals surface area contributed by atoms with Gasteiger partial charge >= 0.3 is 0 Å². The van der Waals surface area contributed by atoms with E-state index in [1.807, 2.05) is 0 Å². The molecule has 3 aromatic rings. The summed E-state index contributed by atoms with van der Waals surface area (Å²) >= 11 is 0. The molecule has 0 bridgehead atoms. The molecule has 1 aliphatic carbocycles. The number of carbonyl (C=O) groups is 5. The van der Waals surface area contributed by atoms with Gasteiger partial charge in [0, 0.05) is 35.7 Å². The molecule has 6 rings (SSSR count). The average molecular weight is 857 g/mol. The number of amides is 4. The smallest absolute Gasteiger partial charge is 0.287 e. The number of Topliss-reactive ketones (excluding diaryl/α,β-unsaturated/α-hetero) is 1. The van der Waals surface area contributed by atoms with Gasteiger partial charge in [0.1, 0.15) is 23.2 Å². The molecule has 1 saturated carbocycles. The molecule has 2 saturated heterocycles. The van der Waals surface area contributed by atoms with E-state index >= 15 is 0 Å². The van der Waals surface area contributed by atoms with Crippen LogP contribution in [0.2, 0.25) is 0 Å².